The molecule has 3 rings (SSSR count). The third-order valence-corrected chi connectivity index (χ3v) is 6.04. The summed E-state index contributed by atoms with van der Waals surface area (Å²) in [5.74, 6) is -0.397. The predicted molar refractivity (Wildman–Crippen MR) is 120 cm³/mol. The molecule has 0 saturated heterocycles. The van der Waals surface area contributed by atoms with Crippen LogP contribution in [-0.2, 0) is 14.3 Å². The van der Waals surface area contributed by atoms with E-state index in [-0.39, 0.29) is 17.7 Å². The van der Waals surface area contributed by atoms with Crippen molar-refractivity contribution in [1.29, 1.82) is 5.26 Å². The molecule has 2 amide bonds. The molecular formula is C22H25N5O3S. The maximum absolute atomic E-state index is 12.6. The highest BCUT2D eigenvalue weighted by molar-refractivity contribution is 7.08. The number of carbonyl (C=O) groups is 2. The summed E-state index contributed by atoms with van der Waals surface area (Å²) < 4.78 is 5.04. The first-order valence-electron chi connectivity index (χ1n) is 10.0. The summed E-state index contributed by atoms with van der Waals surface area (Å²) in [6.07, 6.45) is 5.12. The van der Waals surface area contributed by atoms with E-state index in [0.717, 1.165) is 36.6 Å². The van der Waals surface area contributed by atoms with Gasteiger partial charge in [0, 0.05) is 37.2 Å². The number of pyridine rings is 1. The smallest absolute Gasteiger partial charge is 0.249 e. The third kappa shape index (κ3) is 5.48. The van der Waals surface area contributed by atoms with Crippen molar-refractivity contribution >= 4 is 40.3 Å². The Kier molecular flexibility index (Phi) is 7.76. The van der Waals surface area contributed by atoms with Crippen LogP contribution in [0.3, 0.4) is 0 Å². The van der Waals surface area contributed by atoms with E-state index in [0.29, 0.717) is 30.2 Å². The van der Waals surface area contributed by atoms with E-state index < -0.39 is 5.91 Å². The third-order valence-electron chi connectivity index (χ3n) is 5.28. The lowest BCUT2D eigenvalue weighted by atomic mass is 9.89. The molecule has 0 radical (unpaired) electrons. The lowest BCUT2D eigenvalue weighted by Crippen LogP contribution is -2.35. The lowest BCUT2D eigenvalue weighted by molar-refractivity contribution is -0.130. The SMILES string of the molecule is C=CC(=O)NC(=O)[C@H]1CCC[C@H]1c1cscc1Nc1cc(NCCOC)ncc1C#N. The maximum Gasteiger partial charge on any atom is 0.249 e. The Balaban J connectivity index is 1.81. The second-order valence-corrected chi connectivity index (χ2v) is 7.96. The fourth-order valence-electron chi connectivity index (χ4n) is 3.78. The fraction of sp³-hybridized carbons (Fsp3) is 0.364. The number of nitrogens with one attached hydrogen (secondary N) is 3. The van der Waals surface area contributed by atoms with Crippen LogP contribution in [0.25, 0.3) is 0 Å². The Morgan fingerprint density at radius 3 is 2.97 bits per heavy atom. The number of thiophene rings is 1. The van der Waals surface area contributed by atoms with Crippen molar-refractivity contribution in [3.63, 3.8) is 0 Å². The van der Waals surface area contributed by atoms with Crippen LogP contribution >= 0.6 is 11.3 Å². The monoisotopic (exact) mass is 439 g/mol. The Hall–Kier alpha value is -3.22. The van der Waals surface area contributed by atoms with Crippen LogP contribution in [0.4, 0.5) is 17.2 Å². The number of carbonyl (C=O) groups excluding carboxylic acids is 2. The predicted octanol–water partition coefficient (Wildman–Crippen LogP) is 3.53. The molecule has 1 fully saturated rings. The van der Waals surface area contributed by atoms with Gasteiger partial charge in [-0.15, -0.1) is 11.3 Å². The van der Waals surface area contributed by atoms with Crippen LogP contribution < -0.4 is 16.0 Å². The highest BCUT2D eigenvalue weighted by atomic mass is 32.1. The summed E-state index contributed by atoms with van der Waals surface area (Å²) in [7, 11) is 1.63. The molecule has 0 unspecified atom stereocenters. The van der Waals surface area contributed by atoms with Crippen molar-refractivity contribution in [1.82, 2.24) is 10.3 Å². The van der Waals surface area contributed by atoms with Crippen LogP contribution in [0.2, 0.25) is 0 Å². The van der Waals surface area contributed by atoms with Crippen molar-refractivity contribution in [2.24, 2.45) is 5.92 Å². The van der Waals surface area contributed by atoms with Gasteiger partial charge in [0.1, 0.15) is 11.9 Å². The Labute approximate surface area is 185 Å². The average Bonchev–Trinajstić information content (AvgIpc) is 3.43. The van der Waals surface area contributed by atoms with Crippen molar-refractivity contribution in [3.8, 4) is 6.07 Å². The molecule has 31 heavy (non-hydrogen) atoms. The van der Waals surface area contributed by atoms with Gasteiger partial charge in [0.25, 0.3) is 0 Å². The number of ether oxygens (including phenoxy) is 1. The molecule has 2 aromatic heterocycles. The Morgan fingerprint density at radius 1 is 1.39 bits per heavy atom. The summed E-state index contributed by atoms with van der Waals surface area (Å²) in [5, 5.41) is 22.4. The molecule has 1 aliphatic carbocycles. The molecular weight excluding hydrogens is 414 g/mol. The zero-order valence-corrected chi connectivity index (χ0v) is 18.1. The van der Waals surface area contributed by atoms with Gasteiger partial charge in [0.05, 0.1) is 23.5 Å². The van der Waals surface area contributed by atoms with Crippen molar-refractivity contribution in [2.75, 3.05) is 30.9 Å². The Bertz CT molecular complexity index is 997. The zero-order valence-electron chi connectivity index (χ0n) is 17.3. The first kappa shape index (κ1) is 22.5. The van der Waals surface area contributed by atoms with E-state index in [2.05, 4.69) is 33.6 Å². The standard InChI is InChI=1S/C22H25N5O3S/c1-3-21(28)27-22(29)16-6-4-5-15(16)17-12-31-13-19(17)26-18-9-20(24-7-8-30-2)25-11-14(18)10-23/h3,9,11-13,15-16H,1,4-8H2,2H3,(H2,24,25,26)(H,27,28,29)/t15-,16+/m1/s1. The number of methoxy groups -OCH3 is 1. The van der Waals surface area contributed by atoms with Gasteiger partial charge in [-0.25, -0.2) is 4.98 Å². The largest absolute Gasteiger partial charge is 0.383 e. The minimum Gasteiger partial charge on any atom is -0.383 e. The highest BCUT2D eigenvalue weighted by Crippen LogP contribution is 2.44. The van der Waals surface area contributed by atoms with Gasteiger partial charge in [-0.1, -0.05) is 13.0 Å². The maximum atomic E-state index is 12.6. The quantitative estimate of drug-likeness (QED) is 0.404. The molecule has 1 aliphatic rings. The molecule has 2 aromatic rings. The first-order valence-corrected chi connectivity index (χ1v) is 10.9. The van der Waals surface area contributed by atoms with E-state index >= 15 is 0 Å². The number of rotatable bonds is 9. The number of anilines is 3. The summed E-state index contributed by atoms with van der Waals surface area (Å²) in [6, 6.07) is 3.95. The summed E-state index contributed by atoms with van der Waals surface area (Å²) in [4.78, 5) is 28.4. The van der Waals surface area contributed by atoms with Crippen molar-refractivity contribution in [2.45, 2.75) is 25.2 Å². The second-order valence-electron chi connectivity index (χ2n) is 7.21. The van der Waals surface area contributed by atoms with Crippen LogP contribution in [0.5, 0.6) is 0 Å². The van der Waals surface area contributed by atoms with Crippen LogP contribution in [0.1, 0.15) is 36.3 Å². The molecule has 0 spiro atoms. The molecule has 8 nitrogen and oxygen atoms in total. The topological polar surface area (TPSA) is 116 Å². The summed E-state index contributed by atoms with van der Waals surface area (Å²) >= 11 is 1.53. The minimum atomic E-state index is -0.483. The Morgan fingerprint density at radius 2 is 2.23 bits per heavy atom. The van der Waals surface area contributed by atoms with Crippen LogP contribution in [0.15, 0.2) is 35.7 Å². The molecule has 2 heterocycles. The van der Waals surface area contributed by atoms with E-state index in [4.69, 9.17) is 4.74 Å². The fourth-order valence-corrected chi connectivity index (χ4v) is 4.63. The number of nitriles is 1. The molecule has 0 aromatic carbocycles. The minimum absolute atomic E-state index is 0.00182. The van der Waals surface area contributed by atoms with E-state index in [1.54, 1.807) is 13.2 Å². The molecule has 9 heteroatoms. The highest BCUT2D eigenvalue weighted by Gasteiger charge is 2.36. The number of amides is 2. The van der Waals surface area contributed by atoms with Gasteiger partial charge in [-0.05, 0) is 35.8 Å². The molecule has 0 bridgehead atoms. The van der Waals surface area contributed by atoms with Gasteiger partial charge in [-0.2, -0.15) is 5.26 Å². The second kappa shape index (κ2) is 10.7. The van der Waals surface area contributed by atoms with E-state index in [9.17, 15) is 14.9 Å². The molecule has 3 N–H and O–H groups in total. The number of aromatic nitrogens is 1. The molecule has 1 saturated carbocycles. The number of hydrogen-bond donors (Lipinski definition) is 3. The van der Waals surface area contributed by atoms with Crippen molar-refractivity contribution in [3.05, 3.63) is 46.8 Å². The van der Waals surface area contributed by atoms with Gasteiger partial charge in [0.15, 0.2) is 0 Å². The number of imide groups is 1. The molecule has 2 atom stereocenters. The summed E-state index contributed by atoms with van der Waals surface area (Å²) in [6.45, 7) is 4.54. The first-order chi connectivity index (χ1) is 15.1. The van der Waals surface area contributed by atoms with Gasteiger partial charge < -0.3 is 15.4 Å². The number of nitrogens with zero attached hydrogens (tertiary/aromatic N) is 2. The van der Waals surface area contributed by atoms with E-state index in [1.165, 1.54) is 17.5 Å². The number of hydrogen-bond acceptors (Lipinski definition) is 8. The molecule has 0 aliphatic heterocycles. The lowest BCUT2D eigenvalue weighted by Gasteiger charge is -2.20. The van der Waals surface area contributed by atoms with Gasteiger partial charge in [0.2, 0.25) is 11.8 Å². The van der Waals surface area contributed by atoms with Crippen LogP contribution in [-0.4, -0.2) is 37.1 Å². The molecule has 162 valence electrons. The van der Waals surface area contributed by atoms with Crippen LogP contribution in [0, 0.1) is 17.2 Å². The zero-order chi connectivity index (χ0) is 22.2. The van der Waals surface area contributed by atoms with Gasteiger partial charge in [-0.3, -0.25) is 14.9 Å². The van der Waals surface area contributed by atoms with Crippen molar-refractivity contribution < 1.29 is 14.3 Å². The van der Waals surface area contributed by atoms with E-state index in [1.807, 2.05) is 10.8 Å². The van der Waals surface area contributed by atoms with Gasteiger partial charge >= 0.3 is 0 Å². The normalized spacial score (nSPS) is 17.5. The average molecular weight is 440 g/mol. The summed E-state index contributed by atoms with van der Waals surface area (Å²) in [5.41, 5.74) is 2.93.